The third-order valence-corrected chi connectivity index (χ3v) is 4.98. The summed E-state index contributed by atoms with van der Waals surface area (Å²) in [6.45, 7) is 8.12. The average molecular weight is 417 g/mol. The van der Waals surface area contributed by atoms with E-state index in [-0.39, 0.29) is 30.4 Å². The normalized spacial score (nSPS) is 12.2. The fourth-order valence-electron chi connectivity index (χ4n) is 3.01. The van der Waals surface area contributed by atoms with Gasteiger partial charge in [-0.25, -0.2) is 0 Å². The second-order valence-corrected chi connectivity index (χ2v) is 8.41. The molecule has 0 aliphatic rings. The standard InChI is InChI=1S/C23H29ClN2O3/c1-16(22(28)25-5)26(14-17-10-12-18(24)13-11-17)21(27)15-29-20-9-7-6-8-19(20)23(2,3)4/h6-13,16H,14-15H2,1-5H3,(H,25,28)/t16-/m1/s1. The molecule has 156 valence electrons. The van der Waals surface area contributed by atoms with Crippen molar-refractivity contribution >= 4 is 23.4 Å². The Morgan fingerprint density at radius 3 is 2.31 bits per heavy atom. The van der Waals surface area contributed by atoms with E-state index in [1.54, 1.807) is 26.1 Å². The number of benzene rings is 2. The minimum Gasteiger partial charge on any atom is -0.483 e. The maximum atomic E-state index is 13.0. The fraction of sp³-hybridized carbons (Fsp3) is 0.391. The third-order valence-electron chi connectivity index (χ3n) is 4.73. The van der Waals surface area contributed by atoms with Gasteiger partial charge in [0, 0.05) is 18.6 Å². The molecule has 0 saturated heterocycles. The number of nitrogens with zero attached hydrogens (tertiary/aromatic N) is 1. The number of halogens is 1. The van der Waals surface area contributed by atoms with Gasteiger partial charge in [0.2, 0.25) is 5.91 Å². The van der Waals surface area contributed by atoms with Gasteiger partial charge in [-0.2, -0.15) is 0 Å². The number of nitrogens with one attached hydrogen (secondary N) is 1. The van der Waals surface area contributed by atoms with Gasteiger partial charge in [-0.05, 0) is 41.7 Å². The lowest BCUT2D eigenvalue weighted by atomic mass is 9.86. The minimum atomic E-state index is -0.635. The van der Waals surface area contributed by atoms with E-state index in [0.717, 1.165) is 11.1 Å². The zero-order valence-corrected chi connectivity index (χ0v) is 18.4. The van der Waals surface area contributed by atoms with E-state index < -0.39 is 6.04 Å². The molecule has 0 aromatic heterocycles. The molecule has 0 radical (unpaired) electrons. The van der Waals surface area contributed by atoms with Crippen molar-refractivity contribution < 1.29 is 14.3 Å². The molecule has 0 spiro atoms. The molecule has 1 N–H and O–H groups in total. The highest BCUT2D eigenvalue weighted by molar-refractivity contribution is 6.30. The summed E-state index contributed by atoms with van der Waals surface area (Å²) < 4.78 is 5.88. The van der Waals surface area contributed by atoms with E-state index >= 15 is 0 Å². The Morgan fingerprint density at radius 1 is 1.10 bits per heavy atom. The van der Waals surface area contributed by atoms with Gasteiger partial charge in [-0.1, -0.05) is 62.7 Å². The molecule has 0 fully saturated rings. The van der Waals surface area contributed by atoms with Crippen LogP contribution in [0.2, 0.25) is 5.02 Å². The molecular weight excluding hydrogens is 388 g/mol. The Bertz CT molecular complexity index is 844. The van der Waals surface area contributed by atoms with Crippen LogP contribution in [0.4, 0.5) is 0 Å². The number of hydrogen-bond acceptors (Lipinski definition) is 3. The first-order chi connectivity index (χ1) is 13.6. The number of para-hydroxylation sites is 1. The summed E-state index contributed by atoms with van der Waals surface area (Å²) in [4.78, 5) is 26.7. The number of likely N-dealkylation sites (N-methyl/N-ethyl adjacent to an activating group) is 1. The van der Waals surface area contributed by atoms with Crippen molar-refractivity contribution in [3.63, 3.8) is 0 Å². The van der Waals surface area contributed by atoms with E-state index in [1.807, 2.05) is 36.4 Å². The van der Waals surface area contributed by atoms with Crippen molar-refractivity contribution in [3.8, 4) is 5.75 Å². The summed E-state index contributed by atoms with van der Waals surface area (Å²) in [5.74, 6) is 0.176. The van der Waals surface area contributed by atoms with Gasteiger partial charge >= 0.3 is 0 Å². The van der Waals surface area contributed by atoms with Crippen molar-refractivity contribution in [3.05, 3.63) is 64.7 Å². The van der Waals surface area contributed by atoms with Crippen LogP contribution in [0.5, 0.6) is 5.75 Å². The largest absolute Gasteiger partial charge is 0.483 e. The summed E-state index contributed by atoms with van der Waals surface area (Å²) in [7, 11) is 1.56. The zero-order valence-electron chi connectivity index (χ0n) is 17.7. The smallest absolute Gasteiger partial charge is 0.261 e. The van der Waals surface area contributed by atoms with Crippen molar-refractivity contribution in [2.75, 3.05) is 13.7 Å². The van der Waals surface area contributed by atoms with Crippen LogP contribution in [-0.4, -0.2) is 36.4 Å². The molecule has 2 aromatic carbocycles. The van der Waals surface area contributed by atoms with Crippen LogP contribution in [-0.2, 0) is 21.5 Å². The molecule has 2 aromatic rings. The molecule has 0 bridgehead atoms. The zero-order chi connectivity index (χ0) is 21.6. The number of carbonyl (C=O) groups excluding carboxylic acids is 2. The Kier molecular flexibility index (Phi) is 7.68. The monoisotopic (exact) mass is 416 g/mol. The number of hydrogen-bond donors (Lipinski definition) is 1. The lowest BCUT2D eigenvalue weighted by Gasteiger charge is -2.29. The molecule has 0 aliphatic heterocycles. The fourth-order valence-corrected chi connectivity index (χ4v) is 3.14. The van der Waals surface area contributed by atoms with E-state index in [1.165, 1.54) is 4.90 Å². The predicted molar refractivity (Wildman–Crippen MR) is 116 cm³/mol. The number of rotatable bonds is 7. The second-order valence-electron chi connectivity index (χ2n) is 7.97. The highest BCUT2D eigenvalue weighted by Gasteiger charge is 2.26. The van der Waals surface area contributed by atoms with Gasteiger partial charge in [-0.15, -0.1) is 0 Å². The van der Waals surface area contributed by atoms with Crippen LogP contribution in [0.15, 0.2) is 48.5 Å². The summed E-state index contributed by atoms with van der Waals surface area (Å²) in [6, 6.07) is 14.3. The average Bonchev–Trinajstić information content (AvgIpc) is 2.70. The Labute approximate surface area is 178 Å². The van der Waals surface area contributed by atoms with Gasteiger partial charge in [0.05, 0.1) is 0 Å². The molecule has 2 rings (SSSR count). The molecule has 1 atom stereocenters. The highest BCUT2D eigenvalue weighted by Crippen LogP contribution is 2.31. The number of ether oxygens (including phenoxy) is 1. The molecular formula is C23H29ClN2O3. The van der Waals surface area contributed by atoms with Crippen molar-refractivity contribution in [1.29, 1.82) is 0 Å². The molecule has 29 heavy (non-hydrogen) atoms. The third kappa shape index (κ3) is 6.23. The molecule has 2 amide bonds. The minimum absolute atomic E-state index is 0.113. The van der Waals surface area contributed by atoms with Crippen LogP contribution >= 0.6 is 11.6 Å². The quantitative estimate of drug-likeness (QED) is 0.736. The van der Waals surface area contributed by atoms with Crippen LogP contribution in [0.25, 0.3) is 0 Å². The molecule has 0 unspecified atom stereocenters. The first kappa shape index (κ1) is 22.8. The molecule has 0 saturated carbocycles. The molecule has 5 nitrogen and oxygen atoms in total. The summed E-state index contributed by atoms with van der Waals surface area (Å²) in [5.41, 5.74) is 1.79. The lowest BCUT2D eigenvalue weighted by Crippen LogP contribution is -2.48. The Morgan fingerprint density at radius 2 is 1.72 bits per heavy atom. The number of carbonyl (C=O) groups is 2. The maximum Gasteiger partial charge on any atom is 0.261 e. The van der Waals surface area contributed by atoms with Crippen LogP contribution in [0, 0.1) is 0 Å². The van der Waals surface area contributed by atoms with Crippen LogP contribution < -0.4 is 10.1 Å². The summed E-state index contributed by atoms with van der Waals surface area (Å²) >= 11 is 5.95. The van der Waals surface area contributed by atoms with Gasteiger partial charge < -0.3 is 15.0 Å². The lowest BCUT2D eigenvalue weighted by molar-refractivity contribution is -0.142. The topological polar surface area (TPSA) is 58.6 Å². The molecule has 0 heterocycles. The van der Waals surface area contributed by atoms with Crippen molar-refractivity contribution in [2.45, 2.75) is 45.7 Å². The van der Waals surface area contributed by atoms with E-state index in [9.17, 15) is 9.59 Å². The van der Waals surface area contributed by atoms with E-state index in [4.69, 9.17) is 16.3 Å². The van der Waals surface area contributed by atoms with Gasteiger partial charge in [0.15, 0.2) is 6.61 Å². The Hall–Kier alpha value is -2.53. The first-order valence-electron chi connectivity index (χ1n) is 9.61. The van der Waals surface area contributed by atoms with Crippen molar-refractivity contribution in [1.82, 2.24) is 10.2 Å². The molecule has 6 heteroatoms. The van der Waals surface area contributed by atoms with Gasteiger partial charge in [0.25, 0.3) is 5.91 Å². The molecule has 0 aliphatic carbocycles. The van der Waals surface area contributed by atoms with E-state index in [2.05, 4.69) is 26.1 Å². The van der Waals surface area contributed by atoms with Gasteiger partial charge in [0.1, 0.15) is 11.8 Å². The van der Waals surface area contributed by atoms with Crippen LogP contribution in [0.3, 0.4) is 0 Å². The van der Waals surface area contributed by atoms with Crippen LogP contribution in [0.1, 0.15) is 38.8 Å². The predicted octanol–water partition coefficient (Wildman–Crippen LogP) is 4.18. The Balaban J connectivity index is 2.19. The summed E-state index contributed by atoms with van der Waals surface area (Å²) in [5, 5.41) is 3.22. The number of amides is 2. The summed E-state index contributed by atoms with van der Waals surface area (Å²) in [6.07, 6.45) is 0. The maximum absolute atomic E-state index is 13.0. The van der Waals surface area contributed by atoms with Gasteiger partial charge in [-0.3, -0.25) is 9.59 Å². The SMILES string of the molecule is CNC(=O)[C@@H](C)N(Cc1ccc(Cl)cc1)C(=O)COc1ccccc1C(C)(C)C. The van der Waals surface area contributed by atoms with Crippen molar-refractivity contribution in [2.24, 2.45) is 0 Å². The van der Waals surface area contributed by atoms with E-state index in [0.29, 0.717) is 10.8 Å². The highest BCUT2D eigenvalue weighted by atomic mass is 35.5. The first-order valence-corrected chi connectivity index (χ1v) is 9.99. The second kappa shape index (κ2) is 9.79.